The number of carbonyl (C=O) groups is 1. The summed E-state index contributed by atoms with van der Waals surface area (Å²) in [6, 6.07) is 4.10. The SMILES string of the molecule is O=C(O)CCCCc1cccnc1C1CC1. The number of hydrogen-bond donors (Lipinski definition) is 1. The number of unbranched alkanes of at least 4 members (excludes halogenated alkanes) is 1. The van der Waals surface area contributed by atoms with Crippen LogP contribution in [0.1, 0.15) is 49.3 Å². The van der Waals surface area contributed by atoms with Gasteiger partial charge in [-0.3, -0.25) is 9.78 Å². The highest BCUT2D eigenvalue weighted by Crippen LogP contribution is 2.40. The minimum atomic E-state index is -0.700. The van der Waals surface area contributed by atoms with Crippen LogP contribution in [0.15, 0.2) is 18.3 Å². The molecule has 1 aliphatic rings. The maximum Gasteiger partial charge on any atom is 0.303 e. The minimum Gasteiger partial charge on any atom is -0.481 e. The van der Waals surface area contributed by atoms with Crippen LogP contribution in [0, 0.1) is 0 Å². The van der Waals surface area contributed by atoms with Crippen LogP contribution in [0.4, 0.5) is 0 Å². The van der Waals surface area contributed by atoms with Crippen LogP contribution < -0.4 is 0 Å². The molecule has 0 unspecified atom stereocenters. The van der Waals surface area contributed by atoms with Gasteiger partial charge in [0.1, 0.15) is 0 Å². The molecular weight excluding hydrogens is 202 g/mol. The lowest BCUT2D eigenvalue weighted by Crippen LogP contribution is -1.98. The van der Waals surface area contributed by atoms with Gasteiger partial charge in [0, 0.05) is 24.2 Å². The molecule has 1 heterocycles. The predicted octanol–water partition coefficient (Wildman–Crippen LogP) is 2.76. The molecular formula is C13H17NO2. The monoisotopic (exact) mass is 219 g/mol. The molecule has 1 fully saturated rings. The zero-order chi connectivity index (χ0) is 11.4. The average Bonchev–Trinajstić information content (AvgIpc) is 3.08. The van der Waals surface area contributed by atoms with Gasteiger partial charge in [0.05, 0.1) is 0 Å². The van der Waals surface area contributed by atoms with Crippen molar-refractivity contribution in [1.29, 1.82) is 0 Å². The molecule has 0 bridgehead atoms. The van der Waals surface area contributed by atoms with Gasteiger partial charge in [0.15, 0.2) is 0 Å². The topological polar surface area (TPSA) is 50.2 Å². The van der Waals surface area contributed by atoms with E-state index in [9.17, 15) is 4.79 Å². The van der Waals surface area contributed by atoms with Crippen LogP contribution >= 0.6 is 0 Å². The number of pyridine rings is 1. The molecule has 16 heavy (non-hydrogen) atoms. The van der Waals surface area contributed by atoms with E-state index in [2.05, 4.69) is 11.1 Å². The van der Waals surface area contributed by atoms with Gasteiger partial charge in [-0.15, -0.1) is 0 Å². The number of carboxylic acids is 1. The first-order valence-electron chi connectivity index (χ1n) is 5.93. The number of aryl methyl sites for hydroxylation is 1. The summed E-state index contributed by atoms with van der Waals surface area (Å²) in [5.41, 5.74) is 2.56. The van der Waals surface area contributed by atoms with Crippen LogP contribution in [0.5, 0.6) is 0 Å². The van der Waals surface area contributed by atoms with E-state index in [4.69, 9.17) is 5.11 Å². The van der Waals surface area contributed by atoms with Gasteiger partial charge in [-0.25, -0.2) is 0 Å². The summed E-state index contributed by atoms with van der Waals surface area (Å²) in [6.45, 7) is 0. The van der Waals surface area contributed by atoms with Gasteiger partial charge in [-0.2, -0.15) is 0 Å². The van der Waals surface area contributed by atoms with E-state index in [0.717, 1.165) is 19.3 Å². The van der Waals surface area contributed by atoms with Crippen molar-refractivity contribution in [3.8, 4) is 0 Å². The highest BCUT2D eigenvalue weighted by molar-refractivity contribution is 5.66. The molecule has 3 nitrogen and oxygen atoms in total. The largest absolute Gasteiger partial charge is 0.481 e. The lowest BCUT2D eigenvalue weighted by Gasteiger charge is -2.06. The molecule has 1 saturated carbocycles. The van der Waals surface area contributed by atoms with Crippen LogP contribution in [0.25, 0.3) is 0 Å². The fraction of sp³-hybridized carbons (Fsp3) is 0.538. The predicted molar refractivity (Wildman–Crippen MR) is 61.4 cm³/mol. The Labute approximate surface area is 95.5 Å². The van der Waals surface area contributed by atoms with E-state index in [1.165, 1.54) is 24.1 Å². The summed E-state index contributed by atoms with van der Waals surface area (Å²) < 4.78 is 0. The van der Waals surface area contributed by atoms with Crippen molar-refractivity contribution in [3.05, 3.63) is 29.6 Å². The molecule has 0 radical (unpaired) electrons. The molecule has 86 valence electrons. The Morgan fingerprint density at radius 1 is 1.44 bits per heavy atom. The Balaban J connectivity index is 1.86. The van der Waals surface area contributed by atoms with Crippen LogP contribution in [0.2, 0.25) is 0 Å². The fourth-order valence-corrected chi connectivity index (χ4v) is 1.98. The highest BCUT2D eigenvalue weighted by atomic mass is 16.4. The number of aliphatic carboxylic acids is 1. The van der Waals surface area contributed by atoms with Gasteiger partial charge in [0.25, 0.3) is 0 Å². The van der Waals surface area contributed by atoms with E-state index in [1.54, 1.807) is 0 Å². The summed E-state index contributed by atoms with van der Waals surface area (Å²) in [5.74, 6) is -0.0238. The first-order valence-corrected chi connectivity index (χ1v) is 5.93. The molecule has 0 spiro atoms. The van der Waals surface area contributed by atoms with Gasteiger partial charge in [-0.1, -0.05) is 6.07 Å². The Bertz CT molecular complexity index is 372. The minimum absolute atomic E-state index is 0.277. The van der Waals surface area contributed by atoms with Gasteiger partial charge in [-0.05, 0) is 43.7 Å². The zero-order valence-electron chi connectivity index (χ0n) is 9.35. The summed E-state index contributed by atoms with van der Waals surface area (Å²) >= 11 is 0. The third-order valence-electron chi connectivity index (χ3n) is 2.98. The van der Waals surface area contributed by atoms with E-state index < -0.39 is 5.97 Å². The maximum absolute atomic E-state index is 10.4. The van der Waals surface area contributed by atoms with E-state index >= 15 is 0 Å². The quantitative estimate of drug-likeness (QED) is 0.748. The van der Waals surface area contributed by atoms with Crippen molar-refractivity contribution in [1.82, 2.24) is 4.98 Å². The molecule has 0 aliphatic heterocycles. The number of carboxylic acid groups (broad SMARTS) is 1. The second kappa shape index (κ2) is 5.10. The summed E-state index contributed by atoms with van der Waals surface area (Å²) in [4.78, 5) is 14.8. The van der Waals surface area contributed by atoms with Crippen LogP contribution in [-0.4, -0.2) is 16.1 Å². The number of hydrogen-bond acceptors (Lipinski definition) is 2. The number of aromatic nitrogens is 1. The summed E-state index contributed by atoms with van der Waals surface area (Å²) in [5, 5.41) is 8.55. The van der Waals surface area contributed by atoms with Crippen molar-refractivity contribution in [2.75, 3.05) is 0 Å². The first-order chi connectivity index (χ1) is 7.77. The van der Waals surface area contributed by atoms with Crippen LogP contribution in [-0.2, 0) is 11.2 Å². The van der Waals surface area contributed by atoms with Crippen molar-refractivity contribution < 1.29 is 9.90 Å². The molecule has 1 aromatic rings. The van der Waals surface area contributed by atoms with Gasteiger partial charge in [0.2, 0.25) is 0 Å². The second-order valence-electron chi connectivity index (χ2n) is 4.42. The smallest absolute Gasteiger partial charge is 0.303 e. The normalized spacial score (nSPS) is 15.0. The molecule has 0 aromatic carbocycles. The average molecular weight is 219 g/mol. The van der Waals surface area contributed by atoms with Crippen LogP contribution in [0.3, 0.4) is 0 Å². The van der Waals surface area contributed by atoms with Crippen molar-refractivity contribution >= 4 is 5.97 Å². The molecule has 3 heteroatoms. The molecule has 2 rings (SSSR count). The van der Waals surface area contributed by atoms with Crippen molar-refractivity contribution in [2.45, 2.75) is 44.4 Å². The molecule has 1 aliphatic carbocycles. The van der Waals surface area contributed by atoms with Crippen molar-refractivity contribution in [2.24, 2.45) is 0 Å². The van der Waals surface area contributed by atoms with Gasteiger partial charge >= 0.3 is 5.97 Å². The third kappa shape index (κ3) is 3.05. The van der Waals surface area contributed by atoms with E-state index in [0.29, 0.717) is 5.92 Å². The van der Waals surface area contributed by atoms with E-state index in [-0.39, 0.29) is 6.42 Å². The maximum atomic E-state index is 10.4. The molecule has 1 N–H and O–H groups in total. The Morgan fingerprint density at radius 3 is 2.94 bits per heavy atom. The zero-order valence-corrected chi connectivity index (χ0v) is 9.35. The summed E-state index contributed by atoms with van der Waals surface area (Å²) in [7, 11) is 0. The molecule has 0 saturated heterocycles. The third-order valence-corrected chi connectivity index (χ3v) is 2.98. The highest BCUT2D eigenvalue weighted by Gasteiger charge is 2.26. The number of rotatable bonds is 6. The Hall–Kier alpha value is -1.38. The second-order valence-corrected chi connectivity index (χ2v) is 4.42. The first kappa shape index (κ1) is 11.1. The fourth-order valence-electron chi connectivity index (χ4n) is 1.98. The lowest BCUT2D eigenvalue weighted by atomic mass is 10.0. The van der Waals surface area contributed by atoms with E-state index in [1.807, 2.05) is 12.3 Å². The standard InChI is InChI=1S/C13H17NO2/c15-12(16)6-2-1-4-10-5-3-9-14-13(10)11-7-8-11/h3,5,9,11H,1-2,4,6-8H2,(H,15,16). The molecule has 1 aromatic heterocycles. The van der Waals surface area contributed by atoms with Gasteiger partial charge < -0.3 is 5.11 Å². The lowest BCUT2D eigenvalue weighted by molar-refractivity contribution is -0.137. The number of nitrogens with zero attached hydrogens (tertiary/aromatic N) is 1. The molecule has 0 amide bonds. The Kier molecular flexibility index (Phi) is 3.54. The van der Waals surface area contributed by atoms with Crippen molar-refractivity contribution in [3.63, 3.8) is 0 Å². The summed E-state index contributed by atoms with van der Waals surface area (Å²) in [6.07, 6.45) is 7.32. The molecule has 0 atom stereocenters. The Morgan fingerprint density at radius 2 is 2.25 bits per heavy atom.